The molecule has 0 radical (unpaired) electrons. The molecule has 0 atom stereocenters. The highest BCUT2D eigenvalue weighted by Gasteiger charge is 2.34. The molecule has 2 aromatic heterocycles. The maximum atomic E-state index is 12.0. The quantitative estimate of drug-likeness (QED) is 0.322. The van der Waals surface area contributed by atoms with Crippen LogP contribution in [0.4, 0.5) is 23.0 Å². The zero-order valence-electron chi connectivity index (χ0n) is 17.7. The molecule has 1 N–H and O–H groups in total. The summed E-state index contributed by atoms with van der Waals surface area (Å²) in [5, 5.41) is 25.3. The number of piperidine rings is 1. The Balaban J connectivity index is 1.53. The third-order valence-corrected chi connectivity index (χ3v) is 5.90. The van der Waals surface area contributed by atoms with Crippen molar-refractivity contribution < 1.29 is 14.5 Å². The molecule has 0 bridgehead atoms. The van der Waals surface area contributed by atoms with Crippen LogP contribution in [0.2, 0.25) is 0 Å². The van der Waals surface area contributed by atoms with Crippen LogP contribution in [0, 0.1) is 16.0 Å². The fourth-order valence-corrected chi connectivity index (χ4v) is 4.31. The fraction of sp³-hybridized carbons (Fsp3) is 0.400. The van der Waals surface area contributed by atoms with E-state index in [0.717, 1.165) is 11.3 Å². The first-order valence-corrected chi connectivity index (χ1v) is 11.1. The average molecular weight is 458 g/mol. The number of nitro groups is 1. The summed E-state index contributed by atoms with van der Waals surface area (Å²) in [6.45, 7) is 3.16. The molecule has 1 aliphatic heterocycles. The molecule has 11 nitrogen and oxygen atoms in total. The molecule has 3 heterocycles. The monoisotopic (exact) mass is 457 g/mol. The molecule has 1 aliphatic rings. The number of nitrogens with zero attached hydrogens (tertiary/aromatic N) is 6. The van der Waals surface area contributed by atoms with Crippen molar-refractivity contribution in [3.63, 3.8) is 0 Å². The lowest BCUT2D eigenvalue weighted by Gasteiger charge is -2.31. The number of aromatic nitrogens is 4. The highest BCUT2D eigenvalue weighted by atomic mass is 32.1. The van der Waals surface area contributed by atoms with Gasteiger partial charge in [0.15, 0.2) is 0 Å². The number of hydrogen-bond acceptors (Lipinski definition) is 10. The Morgan fingerprint density at radius 1 is 1.31 bits per heavy atom. The standard InChI is InChI=1S/C20H23N7O4S/c1-3-31-20(28)14-8-10-26(11-9-14)19-17(27(29)30)18(23-25(19)2)21-15-6-4-13(5-7-15)16-12-32-24-22-16/h4-7,12,14H,3,8-11H2,1-2H3,(H,21,23). The lowest BCUT2D eigenvalue weighted by atomic mass is 9.97. The molecule has 0 saturated carbocycles. The predicted octanol–water partition coefficient (Wildman–Crippen LogP) is 3.37. The van der Waals surface area contributed by atoms with E-state index in [-0.39, 0.29) is 23.4 Å². The average Bonchev–Trinajstić information content (AvgIpc) is 3.43. The Morgan fingerprint density at radius 3 is 2.62 bits per heavy atom. The third-order valence-electron chi connectivity index (χ3n) is 5.39. The smallest absolute Gasteiger partial charge is 0.355 e. The van der Waals surface area contributed by atoms with Crippen molar-refractivity contribution in [1.82, 2.24) is 19.4 Å². The molecule has 1 aromatic carbocycles. The van der Waals surface area contributed by atoms with Gasteiger partial charge in [-0.1, -0.05) is 16.6 Å². The highest BCUT2D eigenvalue weighted by molar-refractivity contribution is 7.03. The van der Waals surface area contributed by atoms with E-state index in [2.05, 4.69) is 20.0 Å². The van der Waals surface area contributed by atoms with E-state index in [1.165, 1.54) is 16.2 Å². The van der Waals surface area contributed by atoms with Crippen LogP contribution < -0.4 is 10.2 Å². The molecular formula is C20H23N7O4S. The summed E-state index contributed by atoms with van der Waals surface area (Å²) in [6, 6.07) is 7.37. The molecule has 1 fully saturated rings. The zero-order chi connectivity index (χ0) is 22.7. The minimum Gasteiger partial charge on any atom is -0.466 e. The van der Waals surface area contributed by atoms with Crippen LogP contribution in [0.5, 0.6) is 0 Å². The van der Waals surface area contributed by atoms with E-state index in [1.807, 2.05) is 34.5 Å². The Labute approximate surface area is 188 Å². The van der Waals surface area contributed by atoms with Crippen LogP contribution in [0.3, 0.4) is 0 Å². The second-order valence-corrected chi connectivity index (χ2v) is 8.02. The normalized spacial score (nSPS) is 14.4. The van der Waals surface area contributed by atoms with Crippen LogP contribution in [0.15, 0.2) is 29.6 Å². The van der Waals surface area contributed by atoms with Gasteiger partial charge in [0, 0.05) is 36.8 Å². The molecule has 12 heteroatoms. The number of hydrogen-bond donors (Lipinski definition) is 1. The number of anilines is 3. The number of benzene rings is 1. The van der Waals surface area contributed by atoms with E-state index >= 15 is 0 Å². The van der Waals surface area contributed by atoms with E-state index in [0.29, 0.717) is 44.0 Å². The fourth-order valence-electron chi connectivity index (χ4n) is 3.85. The summed E-state index contributed by atoms with van der Waals surface area (Å²) >= 11 is 1.27. The SMILES string of the molecule is CCOC(=O)C1CCN(c2c([N+](=O)[O-])c(Nc3ccc(-c4csnn4)cc3)nn2C)CC1. The van der Waals surface area contributed by atoms with Gasteiger partial charge in [-0.15, -0.1) is 10.2 Å². The minimum atomic E-state index is -0.419. The van der Waals surface area contributed by atoms with Crippen molar-refractivity contribution >= 4 is 40.5 Å². The van der Waals surface area contributed by atoms with Crippen LogP contribution in [-0.4, -0.2) is 50.0 Å². The molecule has 0 aliphatic carbocycles. The highest BCUT2D eigenvalue weighted by Crippen LogP contribution is 2.38. The number of ether oxygens (including phenoxy) is 1. The Hall–Kier alpha value is -3.54. The van der Waals surface area contributed by atoms with Crippen molar-refractivity contribution in [2.75, 3.05) is 29.9 Å². The first kappa shape index (κ1) is 21.7. The summed E-state index contributed by atoms with van der Waals surface area (Å²) in [6.07, 6.45) is 1.16. The van der Waals surface area contributed by atoms with Crippen LogP contribution in [-0.2, 0) is 16.6 Å². The van der Waals surface area contributed by atoms with E-state index in [9.17, 15) is 14.9 Å². The molecule has 168 valence electrons. The Kier molecular flexibility index (Phi) is 6.30. The maximum Gasteiger partial charge on any atom is 0.355 e. The number of aryl methyl sites for hydroxylation is 1. The van der Waals surface area contributed by atoms with Gasteiger partial charge in [0.1, 0.15) is 5.69 Å². The summed E-state index contributed by atoms with van der Waals surface area (Å²) in [5.41, 5.74) is 2.27. The summed E-state index contributed by atoms with van der Waals surface area (Å²) in [4.78, 5) is 25.4. The molecular weight excluding hydrogens is 434 g/mol. The summed E-state index contributed by atoms with van der Waals surface area (Å²) in [7, 11) is 1.68. The predicted molar refractivity (Wildman–Crippen MR) is 120 cm³/mol. The maximum absolute atomic E-state index is 12.0. The number of carbonyl (C=O) groups is 1. The lowest BCUT2D eigenvalue weighted by molar-refractivity contribution is -0.383. The van der Waals surface area contributed by atoms with Crippen molar-refractivity contribution in [1.29, 1.82) is 0 Å². The minimum absolute atomic E-state index is 0.0881. The van der Waals surface area contributed by atoms with Crippen LogP contribution in [0.1, 0.15) is 19.8 Å². The molecule has 32 heavy (non-hydrogen) atoms. The van der Waals surface area contributed by atoms with Gasteiger partial charge in [0.25, 0.3) is 0 Å². The number of rotatable bonds is 7. The van der Waals surface area contributed by atoms with Crippen LogP contribution >= 0.6 is 11.5 Å². The van der Waals surface area contributed by atoms with Gasteiger partial charge >= 0.3 is 11.7 Å². The molecule has 3 aromatic rings. The van der Waals surface area contributed by atoms with Crippen LogP contribution in [0.25, 0.3) is 11.3 Å². The molecule has 0 amide bonds. The second-order valence-electron chi connectivity index (χ2n) is 7.41. The van der Waals surface area contributed by atoms with Crippen molar-refractivity contribution in [3.05, 3.63) is 39.8 Å². The van der Waals surface area contributed by atoms with Gasteiger partial charge in [-0.3, -0.25) is 14.9 Å². The van der Waals surface area contributed by atoms with E-state index in [4.69, 9.17) is 4.74 Å². The first-order valence-electron chi connectivity index (χ1n) is 10.3. The second kappa shape index (κ2) is 9.30. The van der Waals surface area contributed by atoms with Crippen molar-refractivity contribution in [2.24, 2.45) is 13.0 Å². The number of carbonyl (C=O) groups excluding carboxylic acids is 1. The molecule has 0 unspecified atom stereocenters. The first-order chi connectivity index (χ1) is 15.5. The summed E-state index contributed by atoms with van der Waals surface area (Å²) < 4.78 is 10.5. The van der Waals surface area contributed by atoms with Gasteiger partial charge in [0.2, 0.25) is 11.6 Å². The summed E-state index contributed by atoms with van der Waals surface area (Å²) in [5.74, 6) is 0.210. The molecule has 1 saturated heterocycles. The van der Waals surface area contributed by atoms with Gasteiger partial charge in [-0.25, -0.2) is 4.68 Å². The van der Waals surface area contributed by atoms with E-state index < -0.39 is 4.92 Å². The number of esters is 1. The van der Waals surface area contributed by atoms with Gasteiger partial charge < -0.3 is 15.0 Å². The topological polar surface area (TPSA) is 128 Å². The lowest BCUT2D eigenvalue weighted by Crippen LogP contribution is -2.38. The van der Waals surface area contributed by atoms with Gasteiger partial charge in [-0.05, 0) is 43.4 Å². The molecule has 0 spiro atoms. The zero-order valence-corrected chi connectivity index (χ0v) is 18.5. The van der Waals surface area contributed by atoms with Gasteiger partial charge in [0.05, 0.1) is 17.4 Å². The molecule has 4 rings (SSSR count). The van der Waals surface area contributed by atoms with Crippen molar-refractivity contribution in [3.8, 4) is 11.3 Å². The Morgan fingerprint density at radius 2 is 2.03 bits per heavy atom. The van der Waals surface area contributed by atoms with E-state index in [1.54, 1.807) is 14.0 Å². The van der Waals surface area contributed by atoms with Crippen molar-refractivity contribution in [2.45, 2.75) is 19.8 Å². The third kappa shape index (κ3) is 4.40. The number of nitrogens with one attached hydrogen (secondary N) is 1. The largest absolute Gasteiger partial charge is 0.466 e. The Bertz CT molecular complexity index is 1090. The van der Waals surface area contributed by atoms with Gasteiger partial charge in [-0.2, -0.15) is 0 Å².